The van der Waals surface area contributed by atoms with Gasteiger partial charge in [0.05, 0.1) is 5.56 Å². The van der Waals surface area contributed by atoms with Crippen molar-refractivity contribution in [3.63, 3.8) is 0 Å². The zero-order valence-electron chi connectivity index (χ0n) is 7.00. The van der Waals surface area contributed by atoms with Crippen molar-refractivity contribution in [1.82, 2.24) is 0 Å². The molecule has 5 heteroatoms. The van der Waals surface area contributed by atoms with Crippen molar-refractivity contribution in [2.45, 2.75) is 6.43 Å². The van der Waals surface area contributed by atoms with Crippen LogP contribution in [-0.4, -0.2) is 5.11 Å². The van der Waals surface area contributed by atoms with Gasteiger partial charge in [-0.3, -0.25) is 0 Å². The van der Waals surface area contributed by atoms with Gasteiger partial charge in [0.25, 0.3) is 6.43 Å². The molecule has 0 bridgehead atoms. The number of nitrogens with two attached hydrogens (primary N) is 1. The summed E-state index contributed by atoms with van der Waals surface area (Å²) < 4.78 is 25.6. The van der Waals surface area contributed by atoms with Gasteiger partial charge in [0.2, 0.25) is 0 Å². The summed E-state index contributed by atoms with van der Waals surface area (Å²) in [4.78, 5) is 0. The van der Waals surface area contributed by atoms with Crippen molar-refractivity contribution in [3.8, 4) is 5.75 Å². The Bertz CT molecular complexity index is 481. The lowest BCUT2D eigenvalue weighted by atomic mass is 10.1. The van der Waals surface area contributed by atoms with Gasteiger partial charge < -0.3 is 10.8 Å². The van der Waals surface area contributed by atoms with E-state index in [1.54, 1.807) is 6.07 Å². The maximum absolute atomic E-state index is 12.6. The average Bonchev–Trinajstić information content (AvgIpc) is 2.47. The minimum Gasteiger partial charge on any atom is -0.506 e. The third-order valence-corrected chi connectivity index (χ3v) is 3.03. The molecule has 0 saturated carbocycles. The number of nitrogen functional groups attached to an aromatic ring is 1. The summed E-state index contributed by atoms with van der Waals surface area (Å²) >= 11 is 1.07. The molecule has 2 aromatic rings. The van der Waals surface area contributed by atoms with Crippen molar-refractivity contribution in [3.05, 3.63) is 23.1 Å². The van der Waals surface area contributed by atoms with Gasteiger partial charge >= 0.3 is 0 Å². The molecule has 2 rings (SSSR count). The van der Waals surface area contributed by atoms with Gasteiger partial charge in [-0.1, -0.05) is 0 Å². The van der Waals surface area contributed by atoms with Crippen LogP contribution >= 0.6 is 11.3 Å². The lowest BCUT2D eigenvalue weighted by Gasteiger charge is -2.05. The maximum atomic E-state index is 12.6. The quantitative estimate of drug-likeness (QED) is 0.718. The Morgan fingerprint density at radius 1 is 1.36 bits per heavy atom. The van der Waals surface area contributed by atoms with Gasteiger partial charge in [0.1, 0.15) is 5.75 Å². The van der Waals surface area contributed by atoms with E-state index in [9.17, 15) is 13.9 Å². The van der Waals surface area contributed by atoms with Crippen molar-refractivity contribution < 1.29 is 13.9 Å². The third kappa shape index (κ3) is 1.21. The molecule has 0 unspecified atom stereocenters. The van der Waals surface area contributed by atoms with E-state index in [-0.39, 0.29) is 17.0 Å². The maximum Gasteiger partial charge on any atom is 0.267 e. The zero-order valence-corrected chi connectivity index (χ0v) is 7.81. The molecule has 3 N–H and O–H groups in total. The minimum absolute atomic E-state index is 0.0203. The number of rotatable bonds is 1. The van der Waals surface area contributed by atoms with Crippen LogP contribution in [0.15, 0.2) is 17.5 Å². The molecule has 0 aliphatic heterocycles. The van der Waals surface area contributed by atoms with Crippen LogP contribution in [0.3, 0.4) is 0 Å². The number of anilines is 1. The fourth-order valence-electron chi connectivity index (χ4n) is 1.35. The predicted molar refractivity (Wildman–Crippen MR) is 52.9 cm³/mol. The van der Waals surface area contributed by atoms with Gasteiger partial charge in [0, 0.05) is 21.2 Å². The smallest absolute Gasteiger partial charge is 0.267 e. The number of benzene rings is 1. The molecule has 0 aliphatic rings. The number of halogens is 2. The Kier molecular flexibility index (Phi) is 2.03. The Balaban J connectivity index is 2.83. The Morgan fingerprint density at radius 2 is 2.07 bits per heavy atom. The lowest BCUT2D eigenvalue weighted by Crippen LogP contribution is -1.94. The van der Waals surface area contributed by atoms with Crippen LogP contribution in [0.5, 0.6) is 5.75 Å². The fourth-order valence-corrected chi connectivity index (χ4v) is 2.34. The van der Waals surface area contributed by atoms with E-state index in [4.69, 9.17) is 5.73 Å². The van der Waals surface area contributed by atoms with Gasteiger partial charge in [-0.25, -0.2) is 8.78 Å². The van der Waals surface area contributed by atoms with E-state index in [0.29, 0.717) is 10.1 Å². The zero-order chi connectivity index (χ0) is 10.3. The van der Waals surface area contributed by atoms with E-state index in [2.05, 4.69) is 0 Å². The molecule has 1 aromatic carbocycles. The molecule has 0 spiro atoms. The molecule has 0 amide bonds. The van der Waals surface area contributed by atoms with E-state index in [0.717, 1.165) is 11.3 Å². The average molecular weight is 215 g/mol. The van der Waals surface area contributed by atoms with E-state index >= 15 is 0 Å². The first-order chi connectivity index (χ1) is 6.61. The molecule has 1 heterocycles. The highest BCUT2D eigenvalue weighted by Crippen LogP contribution is 2.40. The number of aromatic hydroxyl groups is 1. The molecule has 1 aromatic heterocycles. The summed E-state index contributed by atoms with van der Waals surface area (Å²) in [6, 6.07) is 2.93. The molecule has 0 aliphatic carbocycles. The molecule has 2 nitrogen and oxygen atoms in total. The van der Waals surface area contributed by atoms with Crippen LogP contribution in [0, 0.1) is 0 Å². The molecular formula is C9H7F2NOS. The number of alkyl halides is 2. The van der Waals surface area contributed by atoms with Gasteiger partial charge in [-0.05, 0) is 12.1 Å². The first-order valence-corrected chi connectivity index (χ1v) is 4.76. The summed E-state index contributed by atoms with van der Waals surface area (Å²) in [6.07, 6.45) is -2.61. The molecule has 14 heavy (non-hydrogen) atoms. The van der Waals surface area contributed by atoms with Gasteiger partial charge in [0.15, 0.2) is 0 Å². The normalized spacial score (nSPS) is 11.4. The van der Waals surface area contributed by atoms with Crippen LogP contribution in [0.1, 0.15) is 12.0 Å². The van der Waals surface area contributed by atoms with Crippen LogP contribution < -0.4 is 5.73 Å². The summed E-state index contributed by atoms with van der Waals surface area (Å²) in [6.45, 7) is 0. The molecule has 0 saturated heterocycles. The second kappa shape index (κ2) is 3.09. The van der Waals surface area contributed by atoms with Crippen LogP contribution in [0.25, 0.3) is 10.1 Å². The van der Waals surface area contributed by atoms with Crippen LogP contribution in [0.2, 0.25) is 0 Å². The Hall–Kier alpha value is -1.36. The topological polar surface area (TPSA) is 46.2 Å². The summed E-state index contributed by atoms with van der Waals surface area (Å²) in [5.41, 5.74) is 5.32. The van der Waals surface area contributed by atoms with Crippen molar-refractivity contribution in [1.29, 1.82) is 0 Å². The highest BCUT2D eigenvalue weighted by molar-refractivity contribution is 7.17. The third-order valence-electron chi connectivity index (χ3n) is 2.01. The highest BCUT2D eigenvalue weighted by Gasteiger charge is 2.17. The predicted octanol–water partition coefficient (Wildman–Crippen LogP) is 3.13. The second-order valence-corrected chi connectivity index (χ2v) is 3.75. The van der Waals surface area contributed by atoms with Gasteiger partial charge in [-0.15, -0.1) is 11.3 Å². The Labute approximate surface area is 82.6 Å². The summed E-state index contributed by atoms with van der Waals surface area (Å²) in [5.74, 6) is 0.0203. The first kappa shape index (κ1) is 9.21. The second-order valence-electron chi connectivity index (χ2n) is 2.87. The molecule has 74 valence electrons. The summed E-state index contributed by atoms with van der Waals surface area (Å²) in [5, 5.41) is 11.2. The van der Waals surface area contributed by atoms with Crippen LogP contribution in [-0.2, 0) is 0 Å². The van der Waals surface area contributed by atoms with E-state index < -0.39 is 6.43 Å². The number of fused-ring (bicyclic) bond motifs is 1. The van der Waals surface area contributed by atoms with E-state index in [1.165, 1.54) is 11.4 Å². The van der Waals surface area contributed by atoms with Crippen molar-refractivity contribution >= 4 is 27.1 Å². The molecule has 0 fully saturated rings. The van der Waals surface area contributed by atoms with Crippen LogP contribution in [0.4, 0.5) is 14.5 Å². The summed E-state index contributed by atoms with van der Waals surface area (Å²) in [7, 11) is 0. The lowest BCUT2D eigenvalue weighted by molar-refractivity contribution is 0.154. The Morgan fingerprint density at radius 3 is 2.71 bits per heavy atom. The minimum atomic E-state index is -2.61. The number of thiophene rings is 1. The van der Waals surface area contributed by atoms with Crippen molar-refractivity contribution in [2.24, 2.45) is 0 Å². The molecule has 0 radical (unpaired) electrons. The number of hydrogen-bond acceptors (Lipinski definition) is 3. The SMILES string of the molecule is Nc1ccc2c(O)csc2c1C(F)F. The highest BCUT2D eigenvalue weighted by atomic mass is 32.1. The first-order valence-electron chi connectivity index (χ1n) is 3.88. The fraction of sp³-hybridized carbons (Fsp3) is 0.111. The standard InChI is InChI=1S/C9H7F2NOS/c10-9(11)7-5(12)2-1-4-6(13)3-14-8(4)7/h1-3,9,13H,12H2. The monoisotopic (exact) mass is 215 g/mol. The molecule has 0 atom stereocenters. The molecular weight excluding hydrogens is 208 g/mol. The van der Waals surface area contributed by atoms with E-state index in [1.807, 2.05) is 0 Å². The van der Waals surface area contributed by atoms with Gasteiger partial charge in [-0.2, -0.15) is 0 Å². The largest absolute Gasteiger partial charge is 0.506 e. The van der Waals surface area contributed by atoms with Crippen molar-refractivity contribution in [2.75, 3.05) is 5.73 Å². The number of hydrogen-bond donors (Lipinski definition) is 2.